The Balaban J connectivity index is 2.59. The summed E-state index contributed by atoms with van der Waals surface area (Å²) >= 11 is 0. The van der Waals surface area contributed by atoms with Crippen molar-refractivity contribution in [2.75, 3.05) is 0 Å². The Morgan fingerprint density at radius 1 is 1.31 bits per heavy atom. The second-order valence-corrected chi connectivity index (χ2v) is 2.91. The molecule has 3 heteroatoms. The highest BCUT2D eigenvalue weighted by atomic mass is 19.1. The third-order valence-corrected chi connectivity index (χ3v) is 1.97. The molecule has 1 heterocycles. The molecule has 0 aliphatic heterocycles. The van der Waals surface area contributed by atoms with E-state index in [-0.39, 0.29) is 5.82 Å². The number of nitrogens with zero attached hydrogens (tertiary/aromatic N) is 1. The Labute approximate surface area is 75.4 Å². The summed E-state index contributed by atoms with van der Waals surface area (Å²) in [6, 6.07) is 6.65. The SMILES string of the molecule is Cc1cn[nH]c1-c1ccccc1F. The van der Waals surface area contributed by atoms with Gasteiger partial charge in [0.15, 0.2) is 0 Å². The lowest BCUT2D eigenvalue weighted by Gasteiger charge is -2.00. The van der Waals surface area contributed by atoms with E-state index in [1.165, 1.54) is 6.07 Å². The molecule has 2 aromatic rings. The van der Waals surface area contributed by atoms with Crippen LogP contribution in [0.3, 0.4) is 0 Å². The van der Waals surface area contributed by atoms with Crippen LogP contribution in [0, 0.1) is 12.7 Å². The molecule has 1 aromatic heterocycles. The smallest absolute Gasteiger partial charge is 0.132 e. The Morgan fingerprint density at radius 2 is 2.08 bits per heavy atom. The molecule has 13 heavy (non-hydrogen) atoms. The van der Waals surface area contributed by atoms with Gasteiger partial charge in [0, 0.05) is 5.56 Å². The third kappa shape index (κ3) is 1.33. The van der Waals surface area contributed by atoms with Gasteiger partial charge < -0.3 is 0 Å². The van der Waals surface area contributed by atoms with E-state index in [2.05, 4.69) is 10.2 Å². The zero-order valence-corrected chi connectivity index (χ0v) is 7.21. The fourth-order valence-corrected chi connectivity index (χ4v) is 1.28. The fourth-order valence-electron chi connectivity index (χ4n) is 1.28. The number of halogens is 1. The van der Waals surface area contributed by atoms with Crippen molar-refractivity contribution >= 4 is 0 Å². The molecule has 2 rings (SSSR count). The molecule has 0 aliphatic carbocycles. The van der Waals surface area contributed by atoms with Gasteiger partial charge in [-0.1, -0.05) is 12.1 Å². The van der Waals surface area contributed by atoms with Crippen molar-refractivity contribution in [3.8, 4) is 11.3 Å². The summed E-state index contributed by atoms with van der Waals surface area (Å²) in [5.74, 6) is -0.227. The molecule has 0 radical (unpaired) electrons. The van der Waals surface area contributed by atoms with Crippen molar-refractivity contribution in [1.29, 1.82) is 0 Å². The van der Waals surface area contributed by atoms with Gasteiger partial charge in [-0.05, 0) is 24.6 Å². The number of rotatable bonds is 1. The number of benzene rings is 1. The van der Waals surface area contributed by atoms with Gasteiger partial charge in [0.05, 0.1) is 11.9 Å². The Kier molecular flexibility index (Phi) is 1.85. The molecule has 0 aliphatic rings. The molecule has 66 valence electrons. The minimum absolute atomic E-state index is 0.227. The molecule has 0 fully saturated rings. The van der Waals surface area contributed by atoms with Crippen molar-refractivity contribution in [3.05, 3.63) is 41.8 Å². The van der Waals surface area contributed by atoms with E-state index in [1.807, 2.05) is 6.92 Å². The molecule has 1 N–H and O–H groups in total. The molecule has 0 bridgehead atoms. The summed E-state index contributed by atoms with van der Waals surface area (Å²) in [4.78, 5) is 0. The summed E-state index contributed by atoms with van der Waals surface area (Å²) in [7, 11) is 0. The average Bonchev–Trinajstić information content (AvgIpc) is 2.52. The first-order chi connectivity index (χ1) is 6.29. The minimum atomic E-state index is -0.227. The summed E-state index contributed by atoms with van der Waals surface area (Å²) in [5.41, 5.74) is 2.26. The highest BCUT2D eigenvalue weighted by Gasteiger charge is 2.07. The van der Waals surface area contributed by atoms with Crippen LogP contribution in [0.15, 0.2) is 30.5 Å². The third-order valence-electron chi connectivity index (χ3n) is 1.97. The van der Waals surface area contributed by atoms with E-state index >= 15 is 0 Å². The van der Waals surface area contributed by atoms with Gasteiger partial charge in [-0.3, -0.25) is 5.10 Å². The lowest BCUT2D eigenvalue weighted by Crippen LogP contribution is -1.85. The molecular formula is C10H9FN2. The van der Waals surface area contributed by atoms with Crippen molar-refractivity contribution in [2.45, 2.75) is 6.92 Å². The predicted octanol–water partition coefficient (Wildman–Crippen LogP) is 2.52. The minimum Gasteiger partial charge on any atom is -0.277 e. The standard InChI is InChI=1S/C10H9FN2/c1-7-6-12-13-10(7)8-4-2-3-5-9(8)11/h2-6H,1H3,(H,12,13). The summed E-state index contributed by atoms with van der Waals surface area (Å²) < 4.78 is 13.3. The molecule has 0 spiro atoms. The summed E-state index contributed by atoms with van der Waals surface area (Å²) in [6.45, 7) is 1.89. The van der Waals surface area contributed by atoms with E-state index in [0.29, 0.717) is 5.56 Å². The molecule has 2 nitrogen and oxygen atoms in total. The quantitative estimate of drug-likeness (QED) is 0.710. The van der Waals surface area contributed by atoms with Crippen LogP contribution < -0.4 is 0 Å². The zero-order valence-electron chi connectivity index (χ0n) is 7.21. The molecule has 0 saturated carbocycles. The number of nitrogens with one attached hydrogen (secondary N) is 1. The topological polar surface area (TPSA) is 28.7 Å². The van der Waals surface area contributed by atoms with E-state index < -0.39 is 0 Å². The maximum absolute atomic E-state index is 13.3. The Hall–Kier alpha value is -1.64. The van der Waals surface area contributed by atoms with Crippen LogP contribution in [0.25, 0.3) is 11.3 Å². The lowest BCUT2D eigenvalue weighted by atomic mass is 10.1. The number of aryl methyl sites for hydroxylation is 1. The fraction of sp³-hybridized carbons (Fsp3) is 0.100. The Bertz CT molecular complexity index is 420. The highest BCUT2D eigenvalue weighted by Crippen LogP contribution is 2.22. The van der Waals surface area contributed by atoms with E-state index in [0.717, 1.165) is 11.3 Å². The first-order valence-corrected chi connectivity index (χ1v) is 4.04. The van der Waals surface area contributed by atoms with Crippen LogP contribution >= 0.6 is 0 Å². The van der Waals surface area contributed by atoms with Crippen LogP contribution in [0.1, 0.15) is 5.56 Å². The van der Waals surface area contributed by atoms with Crippen molar-refractivity contribution in [2.24, 2.45) is 0 Å². The monoisotopic (exact) mass is 176 g/mol. The number of hydrogen-bond acceptors (Lipinski definition) is 1. The van der Waals surface area contributed by atoms with Gasteiger partial charge in [-0.25, -0.2) is 4.39 Å². The van der Waals surface area contributed by atoms with Crippen LogP contribution in [-0.4, -0.2) is 10.2 Å². The van der Waals surface area contributed by atoms with Gasteiger partial charge in [-0.15, -0.1) is 0 Å². The molecule has 0 amide bonds. The van der Waals surface area contributed by atoms with Crippen LogP contribution in [0.2, 0.25) is 0 Å². The maximum atomic E-state index is 13.3. The van der Waals surface area contributed by atoms with E-state index in [4.69, 9.17) is 0 Å². The first kappa shape index (κ1) is 7.98. The van der Waals surface area contributed by atoms with Gasteiger partial charge in [0.2, 0.25) is 0 Å². The summed E-state index contributed by atoms with van der Waals surface area (Å²) in [6.07, 6.45) is 1.68. The molecule has 0 saturated heterocycles. The first-order valence-electron chi connectivity index (χ1n) is 4.04. The Morgan fingerprint density at radius 3 is 2.69 bits per heavy atom. The highest BCUT2D eigenvalue weighted by molar-refractivity contribution is 5.62. The normalized spacial score (nSPS) is 10.3. The van der Waals surface area contributed by atoms with Gasteiger partial charge in [0.1, 0.15) is 5.82 Å². The number of hydrogen-bond donors (Lipinski definition) is 1. The molecule has 0 atom stereocenters. The lowest BCUT2D eigenvalue weighted by molar-refractivity contribution is 0.630. The second-order valence-electron chi connectivity index (χ2n) is 2.91. The van der Waals surface area contributed by atoms with Gasteiger partial charge >= 0.3 is 0 Å². The second kappa shape index (κ2) is 3.01. The molecular weight excluding hydrogens is 167 g/mol. The number of aromatic amines is 1. The van der Waals surface area contributed by atoms with Crippen LogP contribution in [0.4, 0.5) is 4.39 Å². The van der Waals surface area contributed by atoms with Gasteiger partial charge in [0.25, 0.3) is 0 Å². The van der Waals surface area contributed by atoms with Crippen molar-refractivity contribution in [3.63, 3.8) is 0 Å². The van der Waals surface area contributed by atoms with E-state index in [9.17, 15) is 4.39 Å². The van der Waals surface area contributed by atoms with Crippen LogP contribution in [-0.2, 0) is 0 Å². The largest absolute Gasteiger partial charge is 0.277 e. The maximum Gasteiger partial charge on any atom is 0.132 e. The number of aromatic nitrogens is 2. The molecule has 1 aromatic carbocycles. The van der Waals surface area contributed by atoms with Crippen LogP contribution in [0.5, 0.6) is 0 Å². The molecule has 0 unspecified atom stereocenters. The van der Waals surface area contributed by atoms with E-state index in [1.54, 1.807) is 24.4 Å². The van der Waals surface area contributed by atoms with Crippen molar-refractivity contribution < 1.29 is 4.39 Å². The predicted molar refractivity (Wildman–Crippen MR) is 48.7 cm³/mol. The average molecular weight is 176 g/mol. The zero-order chi connectivity index (χ0) is 9.26. The van der Waals surface area contributed by atoms with Crippen molar-refractivity contribution in [1.82, 2.24) is 10.2 Å². The van der Waals surface area contributed by atoms with Gasteiger partial charge in [-0.2, -0.15) is 5.10 Å². The number of H-pyrrole nitrogens is 1. The summed E-state index contributed by atoms with van der Waals surface area (Å²) in [5, 5.41) is 6.62.